The lowest BCUT2D eigenvalue weighted by atomic mass is 9.89. The Kier molecular flexibility index (Phi) is 3.09. The predicted molar refractivity (Wildman–Crippen MR) is 74.5 cm³/mol. The van der Waals surface area contributed by atoms with Crippen molar-refractivity contribution >= 4 is 10.9 Å². The van der Waals surface area contributed by atoms with Crippen LogP contribution < -0.4 is 0 Å². The summed E-state index contributed by atoms with van der Waals surface area (Å²) in [6.45, 7) is 8.48. The molecule has 0 aliphatic carbocycles. The van der Waals surface area contributed by atoms with Crippen LogP contribution in [0.4, 0.5) is 0 Å². The van der Waals surface area contributed by atoms with Crippen LogP contribution in [0.5, 0.6) is 0 Å². The van der Waals surface area contributed by atoms with Crippen molar-refractivity contribution in [2.45, 2.75) is 39.5 Å². The van der Waals surface area contributed by atoms with Gasteiger partial charge in [-0.05, 0) is 18.1 Å². The molecule has 2 heteroatoms. The molecule has 0 aliphatic rings. The van der Waals surface area contributed by atoms with Gasteiger partial charge in [0.1, 0.15) is 0 Å². The summed E-state index contributed by atoms with van der Waals surface area (Å²) >= 11 is 0. The van der Waals surface area contributed by atoms with E-state index in [1.807, 2.05) is 18.2 Å². The first kappa shape index (κ1) is 12.6. The van der Waals surface area contributed by atoms with Crippen LogP contribution in [0, 0.1) is 11.3 Å². The molecule has 0 spiro atoms. The van der Waals surface area contributed by atoms with Crippen molar-refractivity contribution < 1.29 is 0 Å². The first-order valence-electron chi connectivity index (χ1n) is 6.30. The maximum atomic E-state index is 9.31. The van der Waals surface area contributed by atoms with Gasteiger partial charge in [-0.25, -0.2) is 0 Å². The second-order valence-corrected chi connectivity index (χ2v) is 5.58. The summed E-state index contributed by atoms with van der Waals surface area (Å²) in [6, 6.07) is 10.3. The molecule has 0 fully saturated rings. The zero-order valence-corrected chi connectivity index (χ0v) is 11.4. The number of para-hydroxylation sites is 1. The lowest BCUT2D eigenvalue weighted by Gasteiger charge is -2.19. The third-order valence-corrected chi connectivity index (χ3v) is 3.19. The van der Waals surface area contributed by atoms with Crippen molar-refractivity contribution in [1.29, 1.82) is 5.26 Å². The Balaban J connectivity index is 2.86. The number of nitriles is 1. The Morgan fingerprint density at radius 1 is 1.28 bits per heavy atom. The van der Waals surface area contributed by atoms with Crippen LogP contribution >= 0.6 is 0 Å². The second kappa shape index (κ2) is 4.42. The fourth-order valence-electron chi connectivity index (χ4n) is 2.07. The minimum atomic E-state index is -0.0410. The SMILES string of the molecule is CCc1cccc2c(C#N)cc(C(C)(C)C)nc12. The monoisotopic (exact) mass is 238 g/mol. The van der Waals surface area contributed by atoms with E-state index in [-0.39, 0.29) is 5.41 Å². The Labute approximate surface area is 108 Å². The third-order valence-electron chi connectivity index (χ3n) is 3.19. The number of aryl methyl sites for hydroxylation is 1. The molecule has 0 aliphatic heterocycles. The second-order valence-electron chi connectivity index (χ2n) is 5.58. The number of benzene rings is 1. The summed E-state index contributed by atoms with van der Waals surface area (Å²) in [5.41, 5.74) is 3.84. The molecular formula is C16H18N2. The van der Waals surface area contributed by atoms with E-state index in [1.54, 1.807) is 0 Å². The molecule has 0 unspecified atom stereocenters. The van der Waals surface area contributed by atoms with Gasteiger partial charge in [0.2, 0.25) is 0 Å². The van der Waals surface area contributed by atoms with E-state index in [4.69, 9.17) is 4.98 Å². The van der Waals surface area contributed by atoms with Crippen LogP contribution in [0.1, 0.15) is 44.5 Å². The zero-order valence-electron chi connectivity index (χ0n) is 11.4. The van der Waals surface area contributed by atoms with Gasteiger partial charge in [0.05, 0.1) is 17.1 Å². The van der Waals surface area contributed by atoms with E-state index in [1.165, 1.54) is 5.56 Å². The molecule has 0 amide bonds. The molecule has 1 heterocycles. The Bertz CT molecular complexity index is 628. The smallest absolute Gasteiger partial charge is 0.0999 e. The van der Waals surface area contributed by atoms with Gasteiger partial charge in [-0.15, -0.1) is 0 Å². The number of fused-ring (bicyclic) bond motifs is 1. The summed E-state index contributed by atoms with van der Waals surface area (Å²) in [7, 11) is 0. The molecule has 2 aromatic rings. The van der Waals surface area contributed by atoms with Crippen LogP contribution in [0.2, 0.25) is 0 Å². The van der Waals surface area contributed by atoms with Crippen molar-refractivity contribution in [2.75, 3.05) is 0 Å². The number of nitrogens with zero attached hydrogens (tertiary/aromatic N) is 2. The number of pyridine rings is 1. The van der Waals surface area contributed by atoms with Gasteiger partial charge in [-0.1, -0.05) is 45.9 Å². The maximum Gasteiger partial charge on any atom is 0.0999 e. The van der Waals surface area contributed by atoms with Gasteiger partial charge in [0.15, 0.2) is 0 Å². The van der Waals surface area contributed by atoms with Crippen molar-refractivity contribution in [1.82, 2.24) is 4.98 Å². The zero-order chi connectivity index (χ0) is 13.3. The van der Waals surface area contributed by atoms with Crippen LogP contribution in [-0.4, -0.2) is 4.98 Å². The van der Waals surface area contributed by atoms with Gasteiger partial charge in [-0.2, -0.15) is 5.26 Å². The molecule has 0 bridgehead atoms. The predicted octanol–water partition coefficient (Wildman–Crippen LogP) is 3.97. The molecule has 92 valence electrons. The summed E-state index contributed by atoms with van der Waals surface area (Å²) in [5, 5.41) is 10.3. The quantitative estimate of drug-likeness (QED) is 0.753. The van der Waals surface area contributed by atoms with E-state index in [0.29, 0.717) is 0 Å². The van der Waals surface area contributed by atoms with Crippen LogP contribution in [0.15, 0.2) is 24.3 Å². The topological polar surface area (TPSA) is 36.7 Å². The molecular weight excluding hydrogens is 220 g/mol. The fourth-order valence-corrected chi connectivity index (χ4v) is 2.07. The largest absolute Gasteiger partial charge is 0.252 e. The summed E-state index contributed by atoms with van der Waals surface area (Å²) in [5.74, 6) is 0. The summed E-state index contributed by atoms with van der Waals surface area (Å²) in [4.78, 5) is 4.77. The minimum Gasteiger partial charge on any atom is -0.252 e. The van der Waals surface area contributed by atoms with Gasteiger partial charge in [-0.3, -0.25) is 4.98 Å². The Morgan fingerprint density at radius 3 is 2.56 bits per heavy atom. The van der Waals surface area contributed by atoms with Gasteiger partial charge in [0, 0.05) is 16.5 Å². The summed E-state index contributed by atoms with van der Waals surface area (Å²) < 4.78 is 0. The standard InChI is InChI=1S/C16H18N2/c1-5-11-7-6-8-13-12(10-17)9-14(16(2,3)4)18-15(11)13/h6-9H,5H2,1-4H3. The molecule has 0 saturated heterocycles. The van der Waals surface area contributed by atoms with Gasteiger partial charge >= 0.3 is 0 Å². The molecule has 1 aromatic carbocycles. The molecule has 2 nitrogen and oxygen atoms in total. The van der Waals surface area contributed by atoms with Crippen molar-refractivity contribution in [3.63, 3.8) is 0 Å². The van der Waals surface area contributed by atoms with E-state index < -0.39 is 0 Å². The lowest BCUT2D eigenvalue weighted by Crippen LogP contribution is -2.14. The van der Waals surface area contributed by atoms with Crippen LogP contribution in [-0.2, 0) is 11.8 Å². The highest BCUT2D eigenvalue weighted by Gasteiger charge is 2.18. The summed E-state index contributed by atoms with van der Waals surface area (Å²) in [6.07, 6.45) is 0.933. The van der Waals surface area contributed by atoms with E-state index in [0.717, 1.165) is 28.6 Å². The Morgan fingerprint density at radius 2 is 2.00 bits per heavy atom. The normalized spacial score (nSPS) is 11.5. The molecule has 0 atom stereocenters. The van der Waals surface area contributed by atoms with Crippen molar-refractivity contribution in [3.05, 3.63) is 41.1 Å². The molecule has 0 N–H and O–H groups in total. The van der Waals surface area contributed by atoms with Crippen LogP contribution in [0.3, 0.4) is 0 Å². The van der Waals surface area contributed by atoms with E-state index >= 15 is 0 Å². The highest BCUT2D eigenvalue weighted by Crippen LogP contribution is 2.27. The first-order valence-corrected chi connectivity index (χ1v) is 6.30. The molecule has 0 saturated carbocycles. The average molecular weight is 238 g/mol. The number of aromatic nitrogens is 1. The lowest BCUT2D eigenvalue weighted by molar-refractivity contribution is 0.571. The Hall–Kier alpha value is -1.88. The van der Waals surface area contributed by atoms with E-state index in [9.17, 15) is 5.26 Å². The highest BCUT2D eigenvalue weighted by atomic mass is 14.7. The number of hydrogen-bond acceptors (Lipinski definition) is 2. The average Bonchev–Trinajstić information content (AvgIpc) is 2.35. The first-order chi connectivity index (χ1) is 8.47. The van der Waals surface area contributed by atoms with Gasteiger partial charge in [0.25, 0.3) is 0 Å². The van der Waals surface area contributed by atoms with Gasteiger partial charge < -0.3 is 0 Å². The minimum absolute atomic E-state index is 0.0410. The van der Waals surface area contributed by atoms with E-state index in [2.05, 4.69) is 39.8 Å². The highest BCUT2D eigenvalue weighted by molar-refractivity contribution is 5.87. The molecule has 1 aromatic heterocycles. The maximum absolute atomic E-state index is 9.31. The number of rotatable bonds is 1. The molecule has 2 rings (SSSR count). The van der Waals surface area contributed by atoms with Crippen molar-refractivity contribution in [3.8, 4) is 6.07 Å². The molecule has 18 heavy (non-hydrogen) atoms. The molecule has 0 radical (unpaired) electrons. The third kappa shape index (κ3) is 2.09. The van der Waals surface area contributed by atoms with Crippen LogP contribution in [0.25, 0.3) is 10.9 Å². The number of hydrogen-bond donors (Lipinski definition) is 0. The van der Waals surface area contributed by atoms with Crippen molar-refractivity contribution in [2.24, 2.45) is 0 Å². The fraction of sp³-hybridized carbons (Fsp3) is 0.375.